The maximum Gasteiger partial charge on any atom is 0.0439 e. The van der Waals surface area contributed by atoms with Crippen molar-refractivity contribution >= 4 is 27.5 Å². The van der Waals surface area contributed by atoms with Crippen LogP contribution in [0, 0.1) is 6.92 Å². The molecule has 0 radical (unpaired) electrons. The zero-order valence-electron chi connectivity index (χ0n) is 8.70. The van der Waals surface area contributed by atoms with Crippen molar-refractivity contribution < 1.29 is 0 Å². The van der Waals surface area contributed by atoms with Gasteiger partial charge in [-0.05, 0) is 43.7 Å². The van der Waals surface area contributed by atoms with Crippen molar-refractivity contribution in [2.75, 3.05) is 6.54 Å². The summed E-state index contributed by atoms with van der Waals surface area (Å²) in [7, 11) is 0. The fourth-order valence-corrected chi connectivity index (χ4v) is 2.38. The molecule has 1 atom stereocenters. The van der Waals surface area contributed by atoms with Gasteiger partial charge >= 0.3 is 0 Å². The van der Waals surface area contributed by atoms with E-state index < -0.39 is 0 Å². The molecule has 0 saturated carbocycles. The summed E-state index contributed by atoms with van der Waals surface area (Å²) in [6.07, 6.45) is 0. The lowest BCUT2D eigenvalue weighted by molar-refractivity contribution is 0.596. The van der Waals surface area contributed by atoms with Crippen LogP contribution >= 0.6 is 27.5 Å². The summed E-state index contributed by atoms with van der Waals surface area (Å²) in [5, 5.41) is 4.19. The number of hydrogen-bond donors (Lipinski definition) is 1. The van der Waals surface area contributed by atoms with E-state index in [1.54, 1.807) is 0 Å². The SMILES string of the molecule is CCNC(C)c1cc(Cl)c(C)cc1Br. The molecule has 0 amide bonds. The molecule has 0 spiro atoms. The van der Waals surface area contributed by atoms with Gasteiger partial charge in [0.2, 0.25) is 0 Å². The monoisotopic (exact) mass is 275 g/mol. The molecular formula is C11H15BrClN. The van der Waals surface area contributed by atoms with E-state index in [9.17, 15) is 0 Å². The molecule has 78 valence electrons. The maximum atomic E-state index is 6.08. The molecule has 1 nitrogen and oxygen atoms in total. The number of aryl methyl sites for hydroxylation is 1. The molecule has 1 aromatic rings. The highest BCUT2D eigenvalue weighted by Gasteiger charge is 2.10. The average Bonchev–Trinajstić information content (AvgIpc) is 2.11. The molecule has 0 saturated heterocycles. The lowest BCUT2D eigenvalue weighted by Gasteiger charge is -2.15. The van der Waals surface area contributed by atoms with Crippen LogP contribution < -0.4 is 5.32 Å². The third-order valence-corrected chi connectivity index (χ3v) is 3.35. The Morgan fingerprint density at radius 2 is 2.14 bits per heavy atom. The molecule has 0 heterocycles. The number of halogens is 2. The Bertz CT molecular complexity index is 325. The second-order valence-electron chi connectivity index (χ2n) is 3.40. The molecule has 1 rings (SSSR count). The molecule has 0 aliphatic carbocycles. The van der Waals surface area contributed by atoms with E-state index in [0.29, 0.717) is 6.04 Å². The van der Waals surface area contributed by atoms with E-state index in [4.69, 9.17) is 11.6 Å². The van der Waals surface area contributed by atoms with E-state index in [0.717, 1.165) is 21.6 Å². The highest BCUT2D eigenvalue weighted by Crippen LogP contribution is 2.29. The molecule has 0 bridgehead atoms. The van der Waals surface area contributed by atoms with Crippen LogP contribution in [0.15, 0.2) is 16.6 Å². The highest BCUT2D eigenvalue weighted by molar-refractivity contribution is 9.10. The van der Waals surface area contributed by atoms with Crippen LogP contribution in [0.2, 0.25) is 5.02 Å². The fraction of sp³-hybridized carbons (Fsp3) is 0.455. The zero-order chi connectivity index (χ0) is 10.7. The number of hydrogen-bond acceptors (Lipinski definition) is 1. The van der Waals surface area contributed by atoms with Gasteiger partial charge in [-0.1, -0.05) is 34.5 Å². The summed E-state index contributed by atoms with van der Waals surface area (Å²) in [4.78, 5) is 0. The summed E-state index contributed by atoms with van der Waals surface area (Å²) in [5.74, 6) is 0. The Morgan fingerprint density at radius 3 is 2.71 bits per heavy atom. The van der Waals surface area contributed by atoms with Crippen LogP contribution in [0.3, 0.4) is 0 Å². The topological polar surface area (TPSA) is 12.0 Å². The van der Waals surface area contributed by atoms with E-state index in [2.05, 4.69) is 41.2 Å². The third kappa shape index (κ3) is 2.72. The molecule has 0 aliphatic heterocycles. The van der Waals surface area contributed by atoms with E-state index in [1.165, 1.54) is 5.56 Å². The molecule has 1 unspecified atom stereocenters. The lowest BCUT2D eigenvalue weighted by Crippen LogP contribution is -2.18. The van der Waals surface area contributed by atoms with Gasteiger partial charge in [0.1, 0.15) is 0 Å². The van der Waals surface area contributed by atoms with Gasteiger partial charge in [-0.2, -0.15) is 0 Å². The van der Waals surface area contributed by atoms with Gasteiger partial charge in [0, 0.05) is 15.5 Å². The van der Waals surface area contributed by atoms with Gasteiger partial charge in [0.15, 0.2) is 0 Å². The van der Waals surface area contributed by atoms with Gasteiger partial charge < -0.3 is 5.32 Å². The zero-order valence-corrected chi connectivity index (χ0v) is 11.0. The minimum Gasteiger partial charge on any atom is -0.310 e. The first kappa shape index (κ1) is 12.0. The van der Waals surface area contributed by atoms with Crippen LogP contribution in [0.5, 0.6) is 0 Å². The largest absolute Gasteiger partial charge is 0.310 e. The first-order chi connectivity index (χ1) is 6.56. The number of benzene rings is 1. The summed E-state index contributed by atoms with van der Waals surface area (Å²) >= 11 is 9.63. The van der Waals surface area contributed by atoms with Gasteiger partial charge in [-0.25, -0.2) is 0 Å². The Hall–Kier alpha value is -0.0500. The maximum absolute atomic E-state index is 6.08. The first-order valence-electron chi connectivity index (χ1n) is 4.75. The minimum atomic E-state index is 0.326. The average molecular weight is 277 g/mol. The highest BCUT2D eigenvalue weighted by atomic mass is 79.9. The van der Waals surface area contributed by atoms with Gasteiger partial charge in [0.05, 0.1) is 0 Å². The molecule has 1 aromatic carbocycles. The van der Waals surface area contributed by atoms with Crippen LogP contribution in [0.1, 0.15) is 31.0 Å². The van der Waals surface area contributed by atoms with Crippen LogP contribution in [-0.4, -0.2) is 6.54 Å². The molecule has 14 heavy (non-hydrogen) atoms. The second kappa shape index (κ2) is 5.15. The Morgan fingerprint density at radius 1 is 1.50 bits per heavy atom. The van der Waals surface area contributed by atoms with Gasteiger partial charge in [-0.3, -0.25) is 0 Å². The Balaban J connectivity index is 3.02. The van der Waals surface area contributed by atoms with E-state index in [-0.39, 0.29) is 0 Å². The van der Waals surface area contributed by atoms with E-state index >= 15 is 0 Å². The predicted molar refractivity (Wildman–Crippen MR) is 66.0 cm³/mol. The Labute approximate surface area is 99.0 Å². The normalized spacial score (nSPS) is 12.9. The van der Waals surface area contributed by atoms with Crippen molar-refractivity contribution in [3.05, 3.63) is 32.8 Å². The Kier molecular flexibility index (Phi) is 4.42. The van der Waals surface area contributed by atoms with Gasteiger partial charge in [0.25, 0.3) is 0 Å². The van der Waals surface area contributed by atoms with E-state index in [1.807, 2.05) is 13.0 Å². The van der Waals surface area contributed by atoms with Crippen molar-refractivity contribution in [3.8, 4) is 0 Å². The van der Waals surface area contributed by atoms with Gasteiger partial charge in [-0.15, -0.1) is 0 Å². The molecule has 0 aliphatic rings. The third-order valence-electron chi connectivity index (χ3n) is 2.25. The standard InChI is InChI=1S/C11H15BrClN/c1-4-14-8(3)9-6-11(13)7(2)5-10(9)12/h5-6,8,14H,4H2,1-3H3. The fourth-order valence-electron chi connectivity index (χ4n) is 1.41. The number of rotatable bonds is 3. The molecule has 0 aromatic heterocycles. The number of nitrogens with one attached hydrogen (secondary N) is 1. The summed E-state index contributed by atoms with van der Waals surface area (Å²) in [6.45, 7) is 7.20. The summed E-state index contributed by atoms with van der Waals surface area (Å²) in [5.41, 5.74) is 2.31. The second-order valence-corrected chi connectivity index (χ2v) is 4.66. The molecule has 0 fully saturated rings. The van der Waals surface area contributed by atoms with Crippen molar-refractivity contribution in [2.45, 2.75) is 26.8 Å². The predicted octanol–water partition coefficient (Wildman–Crippen LogP) is 4.08. The van der Waals surface area contributed by atoms with Crippen molar-refractivity contribution in [2.24, 2.45) is 0 Å². The summed E-state index contributed by atoms with van der Waals surface area (Å²) < 4.78 is 1.12. The van der Waals surface area contributed by atoms with Crippen LogP contribution in [0.4, 0.5) is 0 Å². The molecule has 1 N–H and O–H groups in total. The first-order valence-corrected chi connectivity index (χ1v) is 5.92. The minimum absolute atomic E-state index is 0.326. The van der Waals surface area contributed by atoms with Crippen molar-refractivity contribution in [3.63, 3.8) is 0 Å². The van der Waals surface area contributed by atoms with Crippen molar-refractivity contribution in [1.29, 1.82) is 0 Å². The van der Waals surface area contributed by atoms with Crippen molar-refractivity contribution in [1.82, 2.24) is 5.32 Å². The lowest BCUT2D eigenvalue weighted by atomic mass is 10.1. The quantitative estimate of drug-likeness (QED) is 0.877. The molecule has 3 heteroatoms. The van der Waals surface area contributed by atoms with Crippen LogP contribution in [0.25, 0.3) is 0 Å². The smallest absolute Gasteiger partial charge is 0.0439 e. The molecular weight excluding hydrogens is 261 g/mol. The summed E-state index contributed by atoms with van der Waals surface area (Å²) in [6, 6.07) is 4.41. The van der Waals surface area contributed by atoms with Crippen LogP contribution in [-0.2, 0) is 0 Å².